The van der Waals surface area contributed by atoms with E-state index < -0.39 is 16.1 Å². The van der Waals surface area contributed by atoms with E-state index in [9.17, 15) is 18.0 Å². The van der Waals surface area contributed by atoms with E-state index in [0.29, 0.717) is 11.6 Å². The molecule has 0 fully saturated rings. The lowest BCUT2D eigenvalue weighted by Gasteiger charge is -2.19. The fourth-order valence-corrected chi connectivity index (χ4v) is 3.50. The van der Waals surface area contributed by atoms with Crippen LogP contribution in [0.3, 0.4) is 0 Å². The van der Waals surface area contributed by atoms with Gasteiger partial charge in [-0.2, -0.15) is 4.72 Å². The molecule has 0 heterocycles. The number of benzene rings is 1. The van der Waals surface area contributed by atoms with Gasteiger partial charge in [0.25, 0.3) is 0 Å². The van der Waals surface area contributed by atoms with Gasteiger partial charge < -0.3 is 10.6 Å². The van der Waals surface area contributed by atoms with Gasteiger partial charge in [-0.3, -0.25) is 9.59 Å². The van der Waals surface area contributed by atoms with Crippen LogP contribution in [0.15, 0.2) is 29.2 Å². The fraction of sp³-hybridized carbons (Fsp3) is 0.556. The first kappa shape index (κ1) is 22.1. The molecule has 26 heavy (non-hydrogen) atoms. The molecule has 3 N–H and O–H groups in total. The zero-order chi connectivity index (χ0) is 19.9. The molecular weight excluding hydrogens is 354 g/mol. The molecule has 1 aromatic carbocycles. The summed E-state index contributed by atoms with van der Waals surface area (Å²) in [5.74, 6) is -0.0546. The van der Waals surface area contributed by atoms with Gasteiger partial charge in [0, 0.05) is 18.7 Å². The molecule has 2 amide bonds. The van der Waals surface area contributed by atoms with Crippen LogP contribution >= 0.6 is 0 Å². The van der Waals surface area contributed by atoms with Crippen molar-refractivity contribution in [3.63, 3.8) is 0 Å². The number of carbonyl (C=O) groups excluding carboxylic acids is 2. The third-order valence-corrected chi connectivity index (χ3v) is 5.33. The average molecular weight is 384 g/mol. The molecule has 1 unspecified atom stereocenters. The Hall–Kier alpha value is -1.93. The molecule has 0 aliphatic heterocycles. The molecule has 0 bridgehead atoms. The van der Waals surface area contributed by atoms with Crippen molar-refractivity contribution >= 4 is 27.5 Å². The third-order valence-electron chi connectivity index (χ3n) is 3.78. The zero-order valence-electron chi connectivity index (χ0n) is 16.0. The quantitative estimate of drug-likeness (QED) is 0.608. The monoisotopic (exact) mass is 383 g/mol. The molecule has 146 valence electrons. The summed E-state index contributed by atoms with van der Waals surface area (Å²) in [6.45, 7) is 9.01. The van der Waals surface area contributed by atoms with Gasteiger partial charge in [0.1, 0.15) is 0 Å². The predicted molar refractivity (Wildman–Crippen MR) is 102 cm³/mol. The van der Waals surface area contributed by atoms with Gasteiger partial charge in [-0.25, -0.2) is 8.42 Å². The molecule has 2 atom stereocenters. The number of amides is 2. The predicted octanol–water partition coefficient (Wildman–Crippen LogP) is 2.25. The van der Waals surface area contributed by atoms with Crippen LogP contribution in [0, 0.1) is 5.92 Å². The van der Waals surface area contributed by atoms with Crippen LogP contribution in [0.2, 0.25) is 0 Å². The Morgan fingerprint density at radius 1 is 1.00 bits per heavy atom. The minimum Gasteiger partial charge on any atom is -0.352 e. The first-order valence-corrected chi connectivity index (χ1v) is 10.2. The van der Waals surface area contributed by atoms with Crippen molar-refractivity contribution in [2.24, 2.45) is 5.92 Å². The molecule has 0 spiro atoms. The lowest BCUT2D eigenvalue weighted by Crippen LogP contribution is -2.47. The van der Waals surface area contributed by atoms with Crippen LogP contribution in [0.5, 0.6) is 0 Å². The van der Waals surface area contributed by atoms with Gasteiger partial charge >= 0.3 is 0 Å². The summed E-state index contributed by atoms with van der Waals surface area (Å²) in [4.78, 5) is 23.2. The van der Waals surface area contributed by atoms with Gasteiger partial charge in [-0.05, 0) is 56.9 Å². The Labute approximate surface area is 156 Å². The smallest absolute Gasteiger partial charge is 0.241 e. The molecule has 0 saturated carbocycles. The summed E-state index contributed by atoms with van der Waals surface area (Å²) in [5.41, 5.74) is 0.501. The summed E-state index contributed by atoms with van der Waals surface area (Å²) < 4.78 is 27.2. The first-order valence-electron chi connectivity index (χ1n) is 8.71. The molecule has 0 aliphatic rings. The number of carbonyl (C=O) groups is 2. The summed E-state index contributed by atoms with van der Waals surface area (Å²) in [5, 5.41) is 5.39. The number of hydrogen-bond donors (Lipinski definition) is 3. The number of rotatable bonds is 9. The van der Waals surface area contributed by atoms with E-state index in [-0.39, 0.29) is 22.8 Å². The second kappa shape index (κ2) is 9.68. The maximum Gasteiger partial charge on any atom is 0.241 e. The molecule has 7 nitrogen and oxygen atoms in total. The lowest BCUT2D eigenvalue weighted by molar-refractivity contribution is -0.123. The van der Waals surface area contributed by atoms with Crippen molar-refractivity contribution in [3.05, 3.63) is 24.3 Å². The summed E-state index contributed by atoms with van der Waals surface area (Å²) in [7, 11) is -3.83. The van der Waals surface area contributed by atoms with Crippen molar-refractivity contribution < 1.29 is 18.0 Å². The number of nitrogens with one attached hydrogen (secondary N) is 3. The SMILES string of the molecule is CC(=O)Nc1ccc(S(=O)(=O)N[C@@H](C)C(=O)NC(C)CCC(C)C)cc1. The van der Waals surface area contributed by atoms with Gasteiger partial charge in [0.2, 0.25) is 21.8 Å². The topological polar surface area (TPSA) is 104 Å². The third kappa shape index (κ3) is 7.53. The van der Waals surface area contributed by atoms with E-state index >= 15 is 0 Å². The van der Waals surface area contributed by atoms with E-state index in [0.717, 1.165) is 12.8 Å². The van der Waals surface area contributed by atoms with Gasteiger partial charge in [-0.1, -0.05) is 13.8 Å². The highest BCUT2D eigenvalue weighted by Crippen LogP contribution is 2.14. The van der Waals surface area contributed by atoms with Crippen molar-refractivity contribution in [2.75, 3.05) is 5.32 Å². The van der Waals surface area contributed by atoms with Crippen molar-refractivity contribution in [3.8, 4) is 0 Å². The first-order chi connectivity index (χ1) is 12.0. The Morgan fingerprint density at radius 3 is 2.08 bits per heavy atom. The summed E-state index contributed by atoms with van der Waals surface area (Å²) in [6.07, 6.45) is 1.83. The Morgan fingerprint density at radius 2 is 1.58 bits per heavy atom. The zero-order valence-corrected chi connectivity index (χ0v) is 16.8. The van der Waals surface area contributed by atoms with E-state index in [1.54, 1.807) is 0 Å². The molecule has 1 aromatic rings. The highest BCUT2D eigenvalue weighted by Gasteiger charge is 2.23. The van der Waals surface area contributed by atoms with Crippen LogP contribution < -0.4 is 15.4 Å². The second-order valence-corrected chi connectivity index (χ2v) is 8.64. The van der Waals surface area contributed by atoms with Gasteiger partial charge in [0.15, 0.2) is 0 Å². The van der Waals surface area contributed by atoms with Crippen LogP contribution in [0.25, 0.3) is 0 Å². The highest BCUT2D eigenvalue weighted by molar-refractivity contribution is 7.89. The highest BCUT2D eigenvalue weighted by atomic mass is 32.2. The molecule has 0 radical (unpaired) electrons. The molecule has 8 heteroatoms. The summed E-state index contributed by atoms with van der Waals surface area (Å²) in [6, 6.07) is 4.83. The fourth-order valence-electron chi connectivity index (χ4n) is 2.30. The number of anilines is 1. The van der Waals surface area contributed by atoms with Crippen molar-refractivity contribution in [1.29, 1.82) is 0 Å². The standard InChI is InChI=1S/C18H29N3O4S/c1-12(2)6-7-13(3)19-18(23)14(4)21-26(24,25)17-10-8-16(9-11-17)20-15(5)22/h8-14,21H,6-7H2,1-5H3,(H,19,23)(H,20,22)/t13?,14-/m0/s1. The van der Waals surface area contributed by atoms with E-state index in [2.05, 4.69) is 29.2 Å². The van der Waals surface area contributed by atoms with Crippen LogP contribution in [0.4, 0.5) is 5.69 Å². The van der Waals surface area contributed by atoms with Crippen molar-refractivity contribution in [1.82, 2.24) is 10.0 Å². The Kier molecular flexibility index (Phi) is 8.23. The largest absolute Gasteiger partial charge is 0.352 e. The Bertz CT molecular complexity index is 714. The van der Waals surface area contributed by atoms with E-state index in [1.807, 2.05) is 6.92 Å². The average Bonchev–Trinajstić information content (AvgIpc) is 2.52. The van der Waals surface area contributed by atoms with Crippen molar-refractivity contribution in [2.45, 2.75) is 64.4 Å². The minimum absolute atomic E-state index is 0.0196. The van der Waals surface area contributed by atoms with E-state index in [4.69, 9.17) is 0 Å². The number of sulfonamides is 1. The maximum atomic E-state index is 12.4. The summed E-state index contributed by atoms with van der Waals surface area (Å²) >= 11 is 0. The maximum absolute atomic E-state index is 12.4. The molecule has 0 saturated heterocycles. The van der Waals surface area contributed by atoms with Gasteiger partial charge in [-0.15, -0.1) is 0 Å². The second-order valence-electron chi connectivity index (χ2n) is 6.93. The van der Waals surface area contributed by atoms with Gasteiger partial charge in [0.05, 0.1) is 10.9 Å². The molecule has 0 aliphatic carbocycles. The van der Waals surface area contributed by atoms with Crippen LogP contribution in [-0.2, 0) is 19.6 Å². The molecular formula is C18H29N3O4S. The van der Waals surface area contributed by atoms with Crippen LogP contribution in [-0.4, -0.2) is 32.3 Å². The normalized spacial score (nSPS) is 13.9. The molecule has 0 aromatic heterocycles. The Balaban J connectivity index is 2.67. The molecule has 1 rings (SSSR count). The van der Waals surface area contributed by atoms with E-state index in [1.165, 1.54) is 38.1 Å². The minimum atomic E-state index is -3.83. The number of hydrogen-bond acceptors (Lipinski definition) is 4. The van der Waals surface area contributed by atoms with Crippen LogP contribution in [0.1, 0.15) is 47.5 Å². The lowest BCUT2D eigenvalue weighted by atomic mass is 10.0.